The molecule has 0 fully saturated rings. The number of H-pyrrole nitrogens is 1. The average molecular weight is 323 g/mol. The molecule has 23 heavy (non-hydrogen) atoms. The Hall–Kier alpha value is -1.69. The zero-order chi connectivity index (χ0) is 18.0. The molecule has 6 heteroatoms. The molecule has 0 aliphatic carbocycles. The van der Waals surface area contributed by atoms with Gasteiger partial charge in [-0.1, -0.05) is 41.5 Å². The number of aliphatic hydroxyl groups excluding tert-OH is 1. The summed E-state index contributed by atoms with van der Waals surface area (Å²) in [5.74, 6) is 0.0463. The van der Waals surface area contributed by atoms with E-state index >= 15 is 0 Å². The minimum absolute atomic E-state index is 0.00496. The number of rotatable bonds is 4. The molecule has 130 valence electrons. The van der Waals surface area contributed by atoms with E-state index in [-0.39, 0.29) is 23.0 Å². The van der Waals surface area contributed by atoms with Gasteiger partial charge in [0.25, 0.3) is 11.5 Å². The summed E-state index contributed by atoms with van der Waals surface area (Å²) in [5.41, 5.74) is -0.406. The van der Waals surface area contributed by atoms with Crippen molar-refractivity contribution < 1.29 is 9.90 Å². The van der Waals surface area contributed by atoms with Gasteiger partial charge in [-0.3, -0.25) is 9.59 Å². The number of nitrogens with zero attached hydrogens (tertiary/aromatic N) is 1. The second-order valence-corrected chi connectivity index (χ2v) is 8.24. The number of aromatic amines is 1. The number of amides is 1. The van der Waals surface area contributed by atoms with Crippen molar-refractivity contribution in [3.8, 4) is 0 Å². The van der Waals surface area contributed by atoms with E-state index in [4.69, 9.17) is 0 Å². The second kappa shape index (κ2) is 6.83. The maximum Gasteiger partial charge on any atom is 0.264 e. The molecule has 0 aliphatic rings. The van der Waals surface area contributed by atoms with Crippen molar-refractivity contribution in [3.63, 3.8) is 0 Å². The third-order valence-corrected chi connectivity index (χ3v) is 3.45. The van der Waals surface area contributed by atoms with Gasteiger partial charge in [-0.05, 0) is 18.8 Å². The highest BCUT2D eigenvalue weighted by Gasteiger charge is 2.25. The Labute approximate surface area is 137 Å². The first-order valence-electron chi connectivity index (χ1n) is 7.88. The fourth-order valence-corrected chi connectivity index (χ4v) is 2.37. The molecule has 0 aliphatic heterocycles. The molecule has 0 saturated heterocycles. The molecule has 1 aromatic rings. The van der Waals surface area contributed by atoms with Gasteiger partial charge >= 0.3 is 0 Å². The summed E-state index contributed by atoms with van der Waals surface area (Å²) >= 11 is 0. The maximum atomic E-state index is 12.4. The molecule has 0 radical (unpaired) electrons. The van der Waals surface area contributed by atoms with Crippen LogP contribution >= 0.6 is 0 Å². The fraction of sp³-hybridized carbons (Fsp3) is 0.706. The number of hydrogen-bond acceptors (Lipinski definition) is 4. The Bertz CT molecular complexity index is 621. The lowest BCUT2D eigenvalue weighted by atomic mass is 9.88. The first-order chi connectivity index (χ1) is 10.3. The highest BCUT2D eigenvalue weighted by atomic mass is 16.3. The molecule has 1 atom stereocenters. The van der Waals surface area contributed by atoms with Gasteiger partial charge < -0.3 is 15.4 Å². The van der Waals surface area contributed by atoms with Gasteiger partial charge in [0.2, 0.25) is 0 Å². The molecular weight excluding hydrogens is 294 g/mol. The molecule has 0 aromatic carbocycles. The number of carbonyl (C=O) groups is 1. The van der Waals surface area contributed by atoms with Gasteiger partial charge in [0.15, 0.2) is 0 Å². The van der Waals surface area contributed by atoms with E-state index in [0.717, 1.165) is 0 Å². The second-order valence-electron chi connectivity index (χ2n) is 8.24. The van der Waals surface area contributed by atoms with Crippen LogP contribution in [0.3, 0.4) is 0 Å². The molecule has 3 N–H and O–H groups in total. The minimum Gasteiger partial charge on any atom is -0.394 e. The highest BCUT2D eigenvalue weighted by Crippen LogP contribution is 2.21. The standard InChI is InChI=1S/C17H29N3O3/c1-10-12(14(23)20-15(18-10)17(5,6)7)13(22)19-11(9-21)8-16(2,3)4/h11,21H,8-9H2,1-7H3,(H,19,22)(H,18,20,23). The summed E-state index contributed by atoms with van der Waals surface area (Å²) in [7, 11) is 0. The first-order valence-corrected chi connectivity index (χ1v) is 7.88. The van der Waals surface area contributed by atoms with Crippen LogP contribution in [0, 0.1) is 12.3 Å². The lowest BCUT2D eigenvalue weighted by Gasteiger charge is -2.25. The minimum atomic E-state index is -0.500. The van der Waals surface area contributed by atoms with E-state index in [9.17, 15) is 14.7 Å². The number of carbonyl (C=O) groups excluding carboxylic acids is 1. The van der Waals surface area contributed by atoms with Crippen LogP contribution in [0.25, 0.3) is 0 Å². The van der Waals surface area contributed by atoms with E-state index in [2.05, 4.69) is 15.3 Å². The van der Waals surface area contributed by atoms with Gasteiger partial charge in [0.05, 0.1) is 18.3 Å². The van der Waals surface area contributed by atoms with Crippen molar-refractivity contribution >= 4 is 5.91 Å². The number of aromatic nitrogens is 2. The molecule has 1 rings (SSSR count). The Kier molecular flexibility index (Phi) is 5.74. The smallest absolute Gasteiger partial charge is 0.264 e. The van der Waals surface area contributed by atoms with E-state index < -0.39 is 17.5 Å². The summed E-state index contributed by atoms with van der Waals surface area (Å²) in [4.78, 5) is 31.7. The van der Waals surface area contributed by atoms with Crippen LogP contribution in [0.1, 0.15) is 69.8 Å². The lowest BCUT2D eigenvalue weighted by molar-refractivity contribution is 0.0894. The third kappa shape index (κ3) is 5.46. The zero-order valence-corrected chi connectivity index (χ0v) is 15.2. The highest BCUT2D eigenvalue weighted by molar-refractivity contribution is 5.95. The van der Waals surface area contributed by atoms with Crippen molar-refractivity contribution in [1.82, 2.24) is 15.3 Å². The normalized spacial score (nSPS) is 13.7. The molecule has 1 heterocycles. The Morgan fingerprint density at radius 1 is 1.26 bits per heavy atom. The maximum absolute atomic E-state index is 12.4. The van der Waals surface area contributed by atoms with Crippen LogP contribution in [0.15, 0.2) is 4.79 Å². The predicted octanol–water partition coefficient (Wildman–Crippen LogP) is 1.90. The van der Waals surface area contributed by atoms with E-state index in [0.29, 0.717) is 17.9 Å². The molecule has 6 nitrogen and oxygen atoms in total. The van der Waals surface area contributed by atoms with Crippen LogP contribution in [-0.2, 0) is 5.41 Å². The molecule has 0 saturated carbocycles. The van der Waals surface area contributed by atoms with E-state index in [1.54, 1.807) is 6.92 Å². The molecule has 1 aromatic heterocycles. The summed E-state index contributed by atoms with van der Waals surface area (Å²) in [6, 6.07) is -0.399. The van der Waals surface area contributed by atoms with Gasteiger partial charge in [0.1, 0.15) is 11.4 Å². The van der Waals surface area contributed by atoms with Crippen molar-refractivity contribution in [2.45, 2.75) is 66.3 Å². The average Bonchev–Trinajstić information content (AvgIpc) is 2.34. The number of hydrogen-bond donors (Lipinski definition) is 3. The van der Waals surface area contributed by atoms with E-state index in [1.165, 1.54) is 0 Å². The fourth-order valence-electron chi connectivity index (χ4n) is 2.37. The third-order valence-electron chi connectivity index (χ3n) is 3.45. The van der Waals surface area contributed by atoms with Crippen LogP contribution < -0.4 is 10.9 Å². The van der Waals surface area contributed by atoms with Crippen molar-refractivity contribution in [2.75, 3.05) is 6.61 Å². The van der Waals surface area contributed by atoms with Gasteiger partial charge in [-0.15, -0.1) is 0 Å². The lowest BCUT2D eigenvalue weighted by Crippen LogP contribution is -2.42. The monoisotopic (exact) mass is 323 g/mol. The zero-order valence-electron chi connectivity index (χ0n) is 15.2. The molecular formula is C17H29N3O3. The topological polar surface area (TPSA) is 95.1 Å². The quantitative estimate of drug-likeness (QED) is 0.788. The Balaban J connectivity index is 3.07. The summed E-state index contributed by atoms with van der Waals surface area (Å²) in [6.07, 6.45) is 0.611. The summed E-state index contributed by atoms with van der Waals surface area (Å²) in [6.45, 7) is 13.4. The summed E-state index contributed by atoms with van der Waals surface area (Å²) in [5, 5.41) is 12.2. The van der Waals surface area contributed by atoms with Crippen LogP contribution in [-0.4, -0.2) is 33.6 Å². The molecule has 1 unspecified atom stereocenters. The number of nitrogens with one attached hydrogen (secondary N) is 2. The number of aryl methyl sites for hydroxylation is 1. The van der Waals surface area contributed by atoms with Gasteiger partial charge in [0, 0.05) is 5.41 Å². The molecule has 1 amide bonds. The van der Waals surface area contributed by atoms with Crippen molar-refractivity contribution in [1.29, 1.82) is 0 Å². The molecule has 0 spiro atoms. The largest absolute Gasteiger partial charge is 0.394 e. The Morgan fingerprint density at radius 3 is 2.22 bits per heavy atom. The van der Waals surface area contributed by atoms with E-state index in [1.807, 2.05) is 41.5 Å². The van der Waals surface area contributed by atoms with Crippen LogP contribution in [0.5, 0.6) is 0 Å². The van der Waals surface area contributed by atoms with Crippen molar-refractivity contribution in [3.05, 3.63) is 27.4 Å². The predicted molar refractivity (Wildman–Crippen MR) is 90.7 cm³/mol. The SMILES string of the molecule is Cc1nc(C(C)(C)C)[nH]c(=O)c1C(=O)NC(CO)CC(C)(C)C. The molecule has 0 bridgehead atoms. The van der Waals surface area contributed by atoms with Crippen molar-refractivity contribution in [2.24, 2.45) is 5.41 Å². The number of aliphatic hydroxyl groups is 1. The Morgan fingerprint density at radius 2 is 1.83 bits per heavy atom. The van der Waals surface area contributed by atoms with Crippen LogP contribution in [0.2, 0.25) is 0 Å². The van der Waals surface area contributed by atoms with Gasteiger partial charge in [-0.2, -0.15) is 0 Å². The first kappa shape index (κ1) is 19.4. The summed E-state index contributed by atoms with van der Waals surface area (Å²) < 4.78 is 0. The van der Waals surface area contributed by atoms with Crippen LogP contribution in [0.4, 0.5) is 0 Å². The van der Waals surface area contributed by atoms with Gasteiger partial charge in [-0.25, -0.2) is 4.98 Å².